The summed E-state index contributed by atoms with van der Waals surface area (Å²) in [6.45, 7) is -0.985. The summed E-state index contributed by atoms with van der Waals surface area (Å²) in [5, 5.41) is 51.5. The third-order valence-corrected chi connectivity index (χ3v) is 5.46. The molecule has 0 bridgehead atoms. The highest BCUT2D eigenvalue weighted by Crippen LogP contribution is 2.50. The van der Waals surface area contributed by atoms with E-state index in [2.05, 4.69) is 0 Å². The molecule has 0 spiro atoms. The fourth-order valence-corrected chi connectivity index (χ4v) is 4.07. The second-order valence-electron chi connectivity index (χ2n) is 7.05. The van der Waals surface area contributed by atoms with Gasteiger partial charge in [-0.25, -0.2) is 0 Å². The minimum Gasteiger partial charge on any atom is -0.507 e. The number of benzene rings is 2. The maximum atomic E-state index is 12.9. The predicted molar refractivity (Wildman–Crippen MR) is 93.4 cm³/mol. The Labute approximate surface area is 158 Å². The molecule has 0 unspecified atom stereocenters. The van der Waals surface area contributed by atoms with Crippen LogP contribution in [0.3, 0.4) is 0 Å². The molecule has 0 fully saturated rings. The molecule has 0 amide bonds. The zero-order chi connectivity index (χ0) is 20.4. The van der Waals surface area contributed by atoms with Gasteiger partial charge in [-0.1, -0.05) is 24.3 Å². The van der Waals surface area contributed by atoms with Crippen LogP contribution in [-0.2, 0) is 11.2 Å². The van der Waals surface area contributed by atoms with E-state index in [0.717, 1.165) is 0 Å². The number of aliphatic hydroxyl groups excluding tert-OH is 2. The largest absolute Gasteiger partial charge is 0.507 e. The number of Topliss-reactive ketones (excluding diaryl/α,β-unsaturated/α-hetero) is 1. The van der Waals surface area contributed by atoms with Gasteiger partial charge in [-0.3, -0.25) is 14.4 Å². The first kappa shape index (κ1) is 18.3. The second-order valence-corrected chi connectivity index (χ2v) is 7.05. The fourth-order valence-electron chi connectivity index (χ4n) is 4.07. The molecule has 0 aliphatic heterocycles. The van der Waals surface area contributed by atoms with E-state index < -0.39 is 71.1 Å². The highest BCUT2D eigenvalue weighted by atomic mass is 16.3. The van der Waals surface area contributed by atoms with Crippen molar-refractivity contribution >= 4 is 17.3 Å². The van der Waals surface area contributed by atoms with Crippen molar-refractivity contribution < 1.29 is 39.9 Å². The van der Waals surface area contributed by atoms with E-state index in [9.17, 15) is 34.8 Å². The summed E-state index contributed by atoms with van der Waals surface area (Å²) in [5.74, 6) is -3.69. The van der Waals surface area contributed by atoms with Crippen LogP contribution >= 0.6 is 0 Å². The monoisotopic (exact) mass is 384 g/mol. The van der Waals surface area contributed by atoms with Gasteiger partial charge in [0, 0.05) is 35.1 Å². The molecule has 0 heterocycles. The van der Waals surface area contributed by atoms with Crippen LogP contribution in [0.1, 0.15) is 55.5 Å². The summed E-state index contributed by atoms with van der Waals surface area (Å²) < 4.78 is 0. The third kappa shape index (κ3) is 2.26. The number of hydrogen-bond acceptors (Lipinski definition) is 8. The van der Waals surface area contributed by atoms with Gasteiger partial charge in [-0.15, -0.1) is 0 Å². The van der Waals surface area contributed by atoms with Gasteiger partial charge in [-0.2, -0.15) is 0 Å². The molecule has 5 N–H and O–H groups in total. The summed E-state index contributed by atoms with van der Waals surface area (Å²) in [7, 11) is 0. The quantitative estimate of drug-likeness (QED) is 0.391. The molecule has 4 rings (SSSR count). The minimum atomic E-state index is -2.18. The number of aliphatic hydroxyl groups is 3. The molecular formula is C20H16O8. The van der Waals surface area contributed by atoms with E-state index >= 15 is 0 Å². The topological polar surface area (TPSA) is 152 Å². The molecule has 0 saturated carbocycles. The number of fused-ring (bicyclic) bond motifs is 3. The van der Waals surface area contributed by atoms with Gasteiger partial charge in [0.05, 0.1) is 17.2 Å². The Balaban J connectivity index is 2.00. The number of ketones is 3. The summed E-state index contributed by atoms with van der Waals surface area (Å²) >= 11 is 0. The van der Waals surface area contributed by atoms with Crippen molar-refractivity contribution in [3.8, 4) is 11.5 Å². The molecule has 2 aromatic rings. The van der Waals surface area contributed by atoms with E-state index in [-0.39, 0.29) is 22.3 Å². The summed E-state index contributed by atoms with van der Waals surface area (Å²) in [6.07, 6.45) is -2.67. The van der Waals surface area contributed by atoms with Gasteiger partial charge in [-0.05, 0) is 0 Å². The lowest BCUT2D eigenvalue weighted by Crippen LogP contribution is -2.47. The van der Waals surface area contributed by atoms with E-state index in [1.807, 2.05) is 0 Å². The second kappa shape index (κ2) is 5.96. The van der Waals surface area contributed by atoms with Crippen LogP contribution in [0.4, 0.5) is 0 Å². The fraction of sp³-hybridized carbons (Fsp3) is 0.250. The lowest BCUT2D eigenvalue weighted by atomic mass is 9.72. The minimum absolute atomic E-state index is 0.0488. The van der Waals surface area contributed by atoms with Gasteiger partial charge in [0.1, 0.15) is 23.7 Å². The smallest absolute Gasteiger partial charge is 0.198 e. The SMILES string of the molecule is O=C1c2ccccc2C(=O)c2c(O)c3c(c(O)c21)C[C@@](O)(C(=O)CO)C[C@@H]3O. The van der Waals surface area contributed by atoms with Crippen LogP contribution in [0, 0.1) is 0 Å². The van der Waals surface area contributed by atoms with Gasteiger partial charge < -0.3 is 25.5 Å². The molecule has 2 aromatic carbocycles. The Morgan fingerprint density at radius 1 is 1.04 bits per heavy atom. The van der Waals surface area contributed by atoms with Crippen molar-refractivity contribution in [2.75, 3.05) is 6.61 Å². The van der Waals surface area contributed by atoms with Crippen molar-refractivity contribution in [2.45, 2.75) is 24.5 Å². The van der Waals surface area contributed by atoms with Crippen LogP contribution in [0.15, 0.2) is 24.3 Å². The van der Waals surface area contributed by atoms with Crippen molar-refractivity contribution in [3.05, 3.63) is 57.6 Å². The Morgan fingerprint density at radius 2 is 1.57 bits per heavy atom. The maximum absolute atomic E-state index is 12.9. The van der Waals surface area contributed by atoms with E-state index in [4.69, 9.17) is 5.11 Å². The van der Waals surface area contributed by atoms with E-state index in [1.165, 1.54) is 12.1 Å². The maximum Gasteiger partial charge on any atom is 0.198 e. The number of carbonyl (C=O) groups excluding carboxylic acids is 3. The van der Waals surface area contributed by atoms with E-state index in [1.54, 1.807) is 12.1 Å². The molecule has 8 nitrogen and oxygen atoms in total. The van der Waals surface area contributed by atoms with Crippen molar-refractivity contribution in [1.82, 2.24) is 0 Å². The van der Waals surface area contributed by atoms with Crippen LogP contribution in [0.25, 0.3) is 0 Å². The Bertz CT molecular complexity index is 1070. The van der Waals surface area contributed by atoms with Crippen molar-refractivity contribution in [3.63, 3.8) is 0 Å². The number of rotatable bonds is 2. The zero-order valence-corrected chi connectivity index (χ0v) is 14.5. The highest BCUT2D eigenvalue weighted by Gasteiger charge is 2.47. The molecular weight excluding hydrogens is 368 g/mol. The van der Waals surface area contributed by atoms with Crippen LogP contribution < -0.4 is 0 Å². The van der Waals surface area contributed by atoms with E-state index in [0.29, 0.717) is 0 Å². The number of aromatic hydroxyl groups is 2. The number of carbonyl (C=O) groups is 3. The van der Waals surface area contributed by atoms with Gasteiger partial charge >= 0.3 is 0 Å². The summed E-state index contributed by atoms with van der Waals surface area (Å²) in [6, 6.07) is 5.94. The summed E-state index contributed by atoms with van der Waals surface area (Å²) in [5.41, 5.74) is -3.35. The first-order valence-electron chi connectivity index (χ1n) is 8.55. The first-order chi connectivity index (χ1) is 13.2. The molecule has 2 atom stereocenters. The lowest BCUT2D eigenvalue weighted by Gasteiger charge is -2.36. The molecule has 28 heavy (non-hydrogen) atoms. The molecule has 0 aromatic heterocycles. The number of hydrogen-bond donors (Lipinski definition) is 5. The Kier molecular flexibility index (Phi) is 3.90. The van der Waals surface area contributed by atoms with Crippen molar-refractivity contribution in [2.24, 2.45) is 0 Å². The van der Waals surface area contributed by atoms with Crippen molar-refractivity contribution in [1.29, 1.82) is 0 Å². The molecule has 0 saturated heterocycles. The number of phenols is 2. The lowest BCUT2D eigenvalue weighted by molar-refractivity contribution is -0.145. The highest BCUT2D eigenvalue weighted by molar-refractivity contribution is 6.30. The average Bonchev–Trinajstić information content (AvgIpc) is 2.67. The van der Waals surface area contributed by atoms with Gasteiger partial charge in [0.15, 0.2) is 17.3 Å². The molecule has 8 heteroatoms. The third-order valence-electron chi connectivity index (χ3n) is 5.46. The van der Waals surface area contributed by atoms with Crippen LogP contribution in [-0.4, -0.2) is 55.1 Å². The molecule has 0 radical (unpaired) electrons. The average molecular weight is 384 g/mol. The number of phenolic OH excluding ortho intramolecular Hbond substituents is 2. The summed E-state index contributed by atoms with van der Waals surface area (Å²) in [4.78, 5) is 37.7. The standard InChI is InChI=1S/C20H16O8/c21-7-12(23)20(28)5-10-13(11(22)6-20)19(27)15-14(18(10)26)16(24)8-3-1-2-4-9(8)17(15)25/h1-4,11,21-22,26-28H,5-7H2/t11-,20-/m0/s1. The molecule has 2 aliphatic rings. The molecule has 2 aliphatic carbocycles. The van der Waals surface area contributed by atoms with Crippen LogP contribution in [0.5, 0.6) is 11.5 Å². The Hall–Kier alpha value is -3.07. The van der Waals surface area contributed by atoms with Crippen LogP contribution in [0.2, 0.25) is 0 Å². The molecule has 144 valence electrons. The first-order valence-corrected chi connectivity index (χ1v) is 8.55. The Morgan fingerprint density at radius 3 is 2.11 bits per heavy atom. The normalized spacial score (nSPS) is 23.0. The van der Waals surface area contributed by atoms with Gasteiger partial charge in [0.2, 0.25) is 0 Å². The van der Waals surface area contributed by atoms with Gasteiger partial charge in [0.25, 0.3) is 0 Å². The predicted octanol–water partition coefficient (Wildman–Crippen LogP) is 0.145. The zero-order valence-electron chi connectivity index (χ0n) is 14.5.